The molecule has 12 heavy (non-hydrogen) atoms. The van der Waals surface area contributed by atoms with Gasteiger partial charge in [0, 0.05) is 11.9 Å². The lowest BCUT2D eigenvalue weighted by atomic mass is 10.2. The molecule has 0 unspecified atom stereocenters. The topological polar surface area (TPSA) is 12.4 Å². The third kappa shape index (κ3) is 4.45. The van der Waals surface area contributed by atoms with Crippen molar-refractivity contribution in [3.8, 4) is 0 Å². The molecular weight excluding hydrogens is 146 g/mol. The Labute approximate surface area is 74.5 Å². The highest BCUT2D eigenvalue weighted by Crippen LogP contribution is 1.97. The summed E-state index contributed by atoms with van der Waals surface area (Å²) >= 11 is 0. The maximum absolute atomic E-state index is 4.15. The fraction of sp³-hybridized carbons (Fsp3) is 0.182. The summed E-state index contributed by atoms with van der Waals surface area (Å²) in [5.41, 5.74) is 1.83. The molecule has 0 amide bonds. The molecule has 0 aromatic carbocycles. The lowest BCUT2D eigenvalue weighted by Gasteiger charge is -1.95. The van der Waals surface area contributed by atoms with Gasteiger partial charge in [-0.1, -0.05) is 37.5 Å². The van der Waals surface area contributed by atoms with Crippen LogP contribution in [0.15, 0.2) is 54.2 Å². The normalized spacial score (nSPS) is 12.7. The fourth-order valence-corrected chi connectivity index (χ4v) is 0.574. The van der Waals surface area contributed by atoms with Crippen LogP contribution in [0.2, 0.25) is 0 Å². The quantitative estimate of drug-likeness (QED) is 0.443. The van der Waals surface area contributed by atoms with Crippen LogP contribution in [0.1, 0.15) is 13.8 Å². The van der Waals surface area contributed by atoms with Gasteiger partial charge in [0.05, 0.1) is 0 Å². The number of allylic oxidation sites excluding steroid dienone is 5. The van der Waals surface area contributed by atoms with Crippen LogP contribution < -0.4 is 0 Å². The summed E-state index contributed by atoms with van der Waals surface area (Å²) in [7, 11) is 0. The van der Waals surface area contributed by atoms with E-state index in [0.717, 1.165) is 11.3 Å². The molecule has 0 aliphatic heterocycles. The van der Waals surface area contributed by atoms with Gasteiger partial charge < -0.3 is 0 Å². The molecular formula is C11H15N. The molecule has 0 aliphatic rings. The Balaban J connectivity index is 4.28. The molecule has 0 atom stereocenters. The zero-order chi connectivity index (χ0) is 9.40. The smallest absolute Gasteiger partial charge is 0.0438 e. The van der Waals surface area contributed by atoms with E-state index < -0.39 is 0 Å². The summed E-state index contributed by atoms with van der Waals surface area (Å²) in [6, 6.07) is 0. The zero-order valence-electron chi connectivity index (χ0n) is 7.75. The second-order valence-corrected chi connectivity index (χ2v) is 2.32. The van der Waals surface area contributed by atoms with Gasteiger partial charge in [0.1, 0.15) is 0 Å². The van der Waals surface area contributed by atoms with E-state index in [2.05, 4.69) is 18.2 Å². The first-order valence-corrected chi connectivity index (χ1v) is 3.86. The molecule has 0 bridgehead atoms. The monoisotopic (exact) mass is 161 g/mol. The van der Waals surface area contributed by atoms with Crippen LogP contribution in [0, 0.1) is 0 Å². The highest BCUT2D eigenvalue weighted by Gasteiger charge is 1.89. The Hall–Kier alpha value is -1.37. The van der Waals surface area contributed by atoms with Gasteiger partial charge in [-0.15, -0.1) is 0 Å². The van der Waals surface area contributed by atoms with E-state index in [4.69, 9.17) is 0 Å². The van der Waals surface area contributed by atoms with Crippen LogP contribution in [0.5, 0.6) is 0 Å². The van der Waals surface area contributed by atoms with E-state index in [1.165, 1.54) is 0 Å². The Bertz CT molecular complexity index is 242. The maximum Gasteiger partial charge on any atom is 0.0438 e. The van der Waals surface area contributed by atoms with Crippen molar-refractivity contribution in [1.82, 2.24) is 0 Å². The van der Waals surface area contributed by atoms with Gasteiger partial charge in [-0.25, -0.2) is 0 Å². The van der Waals surface area contributed by atoms with Crippen molar-refractivity contribution in [3.63, 3.8) is 0 Å². The lowest BCUT2D eigenvalue weighted by molar-refractivity contribution is 1.49. The molecule has 0 spiro atoms. The van der Waals surface area contributed by atoms with Gasteiger partial charge in [-0.3, -0.25) is 4.99 Å². The van der Waals surface area contributed by atoms with E-state index in [9.17, 15) is 0 Å². The number of rotatable bonds is 4. The molecule has 0 saturated heterocycles. The number of nitrogens with zero attached hydrogens (tertiary/aromatic N) is 1. The maximum atomic E-state index is 4.15. The van der Waals surface area contributed by atoms with Crippen molar-refractivity contribution in [1.29, 1.82) is 0 Å². The largest absolute Gasteiger partial charge is 0.261 e. The molecule has 0 aromatic rings. The zero-order valence-corrected chi connectivity index (χ0v) is 7.75. The van der Waals surface area contributed by atoms with E-state index in [1.54, 1.807) is 12.3 Å². The Kier molecular flexibility index (Phi) is 5.62. The van der Waals surface area contributed by atoms with Gasteiger partial charge in [-0.05, 0) is 19.4 Å². The van der Waals surface area contributed by atoms with E-state index in [-0.39, 0.29) is 0 Å². The average Bonchev–Trinajstić information content (AvgIpc) is 2.10. The highest BCUT2D eigenvalue weighted by molar-refractivity contribution is 6.00. The van der Waals surface area contributed by atoms with Crippen molar-refractivity contribution in [2.45, 2.75) is 13.8 Å². The van der Waals surface area contributed by atoms with Crippen LogP contribution in [0.3, 0.4) is 0 Å². The predicted octanol–water partition coefficient (Wildman–Crippen LogP) is 3.28. The molecule has 0 fully saturated rings. The van der Waals surface area contributed by atoms with Crippen LogP contribution in [-0.2, 0) is 0 Å². The molecule has 1 nitrogen and oxygen atoms in total. The third-order valence-electron chi connectivity index (χ3n) is 1.32. The lowest BCUT2D eigenvalue weighted by Crippen LogP contribution is -1.90. The first-order chi connectivity index (χ1) is 5.72. The van der Waals surface area contributed by atoms with Crippen molar-refractivity contribution in [2.75, 3.05) is 0 Å². The molecule has 0 saturated carbocycles. The van der Waals surface area contributed by atoms with Crippen LogP contribution in [0.4, 0.5) is 0 Å². The van der Waals surface area contributed by atoms with Crippen LogP contribution in [-0.4, -0.2) is 5.71 Å². The SMILES string of the molecule is C=C/C=C\C(=C)C(C)=N/C=C\C. The molecule has 0 aromatic heterocycles. The Morgan fingerprint density at radius 3 is 2.58 bits per heavy atom. The minimum Gasteiger partial charge on any atom is -0.261 e. The minimum atomic E-state index is 0.910. The van der Waals surface area contributed by atoms with Crippen molar-refractivity contribution < 1.29 is 0 Å². The summed E-state index contributed by atoms with van der Waals surface area (Å²) in [6.45, 7) is 11.3. The van der Waals surface area contributed by atoms with Gasteiger partial charge in [0.2, 0.25) is 0 Å². The van der Waals surface area contributed by atoms with Gasteiger partial charge >= 0.3 is 0 Å². The Morgan fingerprint density at radius 2 is 2.08 bits per heavy atom. The molecule has 0 aliphatic carbocycles. The second kappa shape index (κ2) is 6.35. The Morgan fingerprint density at radius 1 is 1.42 bits per heavy atom. The molecule has 0 rings (SSSR count). The summed E-state index contributed by atoms with van der Waals surface area (Å²) < 4.78 is 0. The first kappa shape index (κ1) is 10.6. The van der Waals surface area contributed by atoms with Gasteiger partial charge in [0.15, 0.2) is 0 Å². The van der Waals surface area contributed by atoms with Crippen molar-refractivity contribution in [3.05, 3.63) is 49.2 Å². The van der Waals surface area contributed by atoms with Crippen LogP contribution in [0.25, 0.3) is 0 Å². The van der Waals surface area contributed by atoms with Crippen molar-refractivity contribution >= 4 is 5.71 Å². The molecule has 64 valence electrons. The second-order valence-electron chi connectivity index (χ2n) is 2.32. The standard InChI is InChI=1S/C11H15N/c1-5-7-8-10(3)11(4)12-9-6-2/h5-9H,1,3H2,2,4H3/b8-7-,9-6-,12-11?. The number of hydrogen-bond acceptors (Lipinski definition) is 1. The third-order valence-corrected chi connectivity index (χ3v) is 1.32. The average molecular weight is 161 g/mol. The summed E-state index contributed by atoms with van der Waals surface area (Å²) in [4.78, 5) is 4.15. The highest BCUT2D eigenvalue weighted by atomic mass is 14.7. The van der Waals surface area contributed by atoms with Gasteiger partial charge in [0.25, 0.3) is 0 Å². The first-order valence-electron chi connectivity index (χ1n) is 3.86. The van der Waals surface area contributed by atoms with E-state index in [0.29, 0.717) is 0 Å². The van der Waals surface area contributed by atoms with Crippen LogP contribution >= 0.6 is 0 Å². The molecule has 0 N–H and O–H groups in total. The molecule has 1 heteroatoms. The van der Waals surface area contributed by atoms with E-state index >= 15 is 0 Å². The molecule has 0 radical (unpaired) electrons. The summed E-state index contributed by atoms with van der Waals surface area (Å²) in [5.74, 6) is 0. The minimum absolute atomic E-state index is 0.910. The summed E-state index contributed by atoms with van der Waals surface area (Å²) in [6.07, 6.45) is 9.08. The number of aliphatic imine (C=N–C) groups is 1. The number of hydrogen-bond donors (Lipinski definition) is 0. The van der Waals surface area contributed by atoms with Crippen molar-refractivity contribution in [2.24, 2.45) is 4.99 Å². The molecule has 0 heterocycles. The predicted molar refractivity (Wildman–Crippen MR) is 56.4 cm³/mol. The van der Waals surface area contributed by atoms with E-state index in [1.807, 2.05) is 32.1 Å². The summed E-state index contributed by atoms with van der Waals surface area (Å²) in [5, 5.41) is 0. The fourth-order valence-electron chi connectivity index (χ4n) is 0.574. The van der Waals surface area contributed by atoms with Gasteiger partial charge in [-0.2, -0.15) is 0 Å².